The van der Waals surface area contributed by atoms with Gasteiger partial charge >= 0.3 is 18.0 Å². The number of amides is 3. The molecule has 5 fully saturated rings. The Morgan fingerprint density at radius 1 is 0.714 bits per heavy atom. The number of carbonyl (C=O) groups is 4. The maximum absolute atomic E-state index is 14.8. The Bertz CT molecular complexity index is 2980. The fraction of sp³-hybridized carbons (Fsp3) is 0.484. The monoisotopic (exact) mass is 1040 g/mol. The van der Waals surface area contributed by atoms with Gasteiger partial charge in [-0.25, -0.2) is 4.79 Å². The number of nitrogens with two attached hydrogens (primary N) is 1. The molecule has 1 aromatic heterocycles. The van der Waals surface area contributed by atoms with Crippen molar-refractivity contribution in [3.05, 3.63) is 147 Å². The van der Waals surface area contributed by atoms with Gasteiger partial charge in [-0.3, -0.25) is 33.6 Å². The minimum absolute atomic E-state index is 0.132. The molecule has 0 radical (unpaired) electrons. The number of nitrogen functional groups attached to an aromatic ring is 1. The second kappa shape index (κ2) is 23.8. The number of pyridine rings is 1. The molecule has 406 valence electrons. The molecule has 15 heteroatoms. The fourth-order valence-electron chi connectivity index (χ4n) is 13.2. The van der Waals surface area contributed by atoms with Crippen molar-refractivity contribution in [3.8, 4) is 0 Å². The predicted molar refractivity (Wildman–Crippen MR) is 300 cm³/mol. The van der Waals surface area contributed by atoms with Gasteiger partial charge in [0.05, 0.1) is 16.3 Å². The van der Waals surface area contributed by atoms with E-state index in [-0.39, 0.29) is 55.2 Å². The zero-order valence-electron chi connectivity index (χ0n) is 45.0. The molecule has 3 aliphatic heterocycles. The lowest BCUT2D eigenvalue weighted by atomic mass is 9.79. The van der Waals surface area contributed by atoms with Gasteiger partial charge in [-0.1, -0.05) is 111 Å². The molecule has 3 saturated heterocycles. The number of para-hydroxylation sites is 1. The van der Waals surface area contributed by atoms with E-state index in [2.05, 4.69) is 27.2 Å². The Hall–Kier alpha value is -6.84. The van der Waals surface area contributed by atoms with Crippen LogP contribution in [0, 0.1) is 6.92 Å². The van der Waals surface area contributed by atoms with E-state index in [0.29, 0.717) is 80.2 Å². The number of rotatable bonds is 15. The van der Waals surface area contributed by atoms with Crippen LogP contribution < -0.4 is 16.6 Å². The number of likely N-dealkylation sites (tertiary alicyclic amines) is 2. The molecule has 0 bridgehead atoms. The van der Waals surface area contributed by atoms with Crippen LogP contribution in [-0.4, -0.2) is 132 Å². The number of hydrogen-bond acceptors (Lipinski definition) is 11. The van der Waals surface area contributed by atoms with E-state index in [0.717, 1.165) is 105 Å². The molecule has 2 aliphatic carbocycles. The summed E-state index contributed by atoms with van der Waals surface area (Å²) in [6.45, 7) is 7.15. The number of benzene rings is 4. The summed E-state index contributed by atoms with van der Waals surface area (Å²) in [6, 6.07) is 32.5. The zero-order chi connectivity index (χ0) is 53.5. The highest BCUT2D eigenvalue weighted by molar-refractivity contribution is 5.90. The van der Waals surface area contributed by atoms with Crippen LogP contribution in [0.15, 0.2) is 113 Å². The van der Waals surface area contributed by atoms with Gasteiger partial charge in [0.25, 0.3) is 5.56 Å². The lowest BCUT2D eigenvalue weighted by molar-refractivity contribution is -0.154. The summed E-state index contributed by atoms with van der Waals surface area (Å²) in [5.74, 6) is -0.850. The van der Waals surface area contributed by atoms with Crippen LogP contribution in [0.3, 0.4) is 0 Å². The molecule has 2 saturated carbocycles. The van der Waals surface area contributed by atoms with Crippen molar-refractivity contribution in [2.24, 2.45) is 4.99 Å². The zero-order valence-corrected chi connectivity index (χ0v) is 45.0. The number of ether oxygens (including phenoxy) is 2. The van der Waals surface area contributed by atoms with Crippen LogP contribution in [0.25, 0.3) is 10.9 Å². The summed E-state index contributed by atoms with van der Waals surface area (Å²) in [5, 5.41) is 4.05. The van der Waals surface area contributed by atoms with Crippen molar-refractivity contribution >= 4 is 46.7 Å². The van der Waals surface area contributed by atoms with Crippen LogP contribution in [0.1, 0.15) is 116 Å². The first-order valence-electron chi connectivity index (χ1n) is 28.2. The molecular formula is C62H76N8O7. The molecule has 4 aromatic carbocycles. The molecule has 5 aliphatic rings. The van der Waals surface area contributed by atoms with Gasteiger partial charge in [0, 0.05) is 74.8 Å². The van der Waals surface area contributed by atoms with Gasteiger partial charge in [0.2, 0.25) is 5.91 Å². The van der Waals surface area contributed by atoms with Crippen LogP contribution in [0.5, 0.6) is 0 Å². The molecule has 3 N–H and O–H groups in total. The standard InChI is InChI=1S/C62H76N8O7/c1-44-37-45(38-48(55(44)63)41-64-42-76-58(73)61(25-11-12-26-61)49-16-5-3-6-17-49)39-53(57(72)68-35-33-67(34-36-68)51-23-29-66(2)30-24-51)65-60(75)69-31-21-46(22-32-69)52-40-47-15-9-10-20-54(47)70(56(52)71)43-77-59(74)62(27-13-14-28-62)50-18-7-4-8-19-50/h3-10,15-20,37-38,40-41,46,51,53H,11-14,21-36,39,42-43,63H2,1-2H3,(H,65,75). The molecule has 15 nitrogen and oxygen atoms in total. The van der Waals surface area contributed by atoms with E-state index in [1.54, 1.807) is 15.7 Å². The Morgan fingerprint density at radius 3 is 1.92 bits per heavy atom. The Balaban J connectivity index is 0.826. The summed E-state index contributed by atoms with van der Waals surface area (Å²) in [5.41, 5.74) is 11.0. The Labute approximate surface area is 452 Å². The third-order valence-electron chi connectivity index (χ3n) is 17.8. The third kappa shape index (κ3) is 11.6. The SMILES string of the molecule is Cc1cc(CC(NC(=O)N2CCC(c3cc4ccccc4n(COC(=O)C4(c5ccccc5)CCCC4)c3=O)CC2)C(=O)N2CCN(C3CCN(C)CC3)CC2)cc(C=NCOC(=O)C2(c3ccccc3)CCCC2)c1N. The van der Waals surface area contributed by atoms with Gasteiger partial charge < -0.3 is 35.2 Å². The van der Waals surface area contributed by atoms with E-state index < -0.39 is 16.9 Å². The molecule has 10 rings (SSSR count). The van der Waals surface area contributed by atoms with E-state index in [1.165, 1.54) is 0 Å². The number of nitrogens with one attached hydrogen (secondary N) is 1. The fourth-order valence-corrected chi connectivity index (χ4v) is 13.2. The summed E-state index contributed by atoms with van der Waals surface area (Å²) >= 11 is 0. The number of carbonyl (C=O) groups excluding carboxylic acids is 4. The Morgan fingerprint density at radius 2 is 1.30 bits per heavy atom. The van der Waals surface area contributed by atoms with Crippen molar-refractivity contribution in [2.75, 3.05) is 71.9 Å². The predicted octanol–water partition coefficient (Wildman–Crippen LogP) is 8.08. The summed E-state index contributed by atoms with van der Waals surface area (Å²) in [6.07, 6.45) is 11.8. The number of piperidine rings is 2. The quantitative estimate of drug-likeness (QED) is 0.0594. The largest absolute Gasteiger partial charge is 0.443 e. The van der Waals surface area contributed by atoms with Gasteiger partial charge in [-0.2, -0.15) is 0 Å². The molecule has 1 unspecified atom stereocenters. The lowest BCUT2D eigenvalue weighted by Crippen LogP contribution is -2.59. The molecule has 5 aromatic rings. The van der Waals surface area contributed by atoms with Gasteiger partial charge in [0.1, 0.15) is 6.04 Å². The molecule has 77 heavy (non-hydrogen) atoms. The maximum Gasteiger partial charge on any atom is 0.318 e. The number of aliphatic imine (C=N–C) groups is 1. The number of anilines is 1. The average molecular weight is 1050 g/mol. The van der Waals surface area contributed by atoms with Gasteiger partial charge in [-0.05, 0) is 130 Å². The first kappa shape index (κ1) is 53.6. The number of urea groups is 1. The number of fused-ring (bicyclic) bond motifs is 1. The number of aryl methyl sites for hydroxylation is 1. The highest BCUT2D eigenvalue weighted by Gasteiger charge is 2.45. The van der Waals surface area contributed by atoms with Crippen molar-refractivity contribution in [2.45, 2.75) is 126 Å². The highest BCUT2D eigenvalue weighted by Crippen LogP contribution is 2.43. The molecule has 4 heterocycles. The van der Waals surface area contributed by atoms with Gasteiger partial charge in [-0.15, -0.1) is 0 Å². The van der Waals surface area contributed by atoms with Crippen molar-refractivity contribution < 1.29 is 28.7 Å². The average Bonchev–Trinajstić information content (AvgIpc) is 4.20. The lowest BCUT2D eigenvalue weighted by Gasteiger charge is -2.43. The molecule has 1 atom stereocenters. The number of piperazine rings is 1. The number of aromatic nitrogens is 1. The van der Waals surface area contributed by atoms with Crippen molar-refractivity contribution in [1.82, 2.24) is 29.5 Å². The van der Waals surface area contributed by atoms with Crippen molar-refractivity contribution in [1.29, 1.82) is 0 Å². The number of hydrogen-bond donors (Lipinski definition) is 2. The van der Waals surface area contributed by atoms with Gasteiger partial charge in [0.15, 0.2) is 13.5 Å². The third-order valence-corrected chi connectivity index (χ3v) is 17.8. The van der Waals surface area contributed by atoms with E-state index in [1.807, 2.05) is 115 Å². The minimum Gasteiger partial charge on any atom is -0.443 e. The first-order chi connectivity index (χ1) is 37.4. The summed E-state index contributed by atoms with van der Waals surface area (Å²) in [4.78, 5) is 84.5. The van der Waals surface area contributed by atoms with E-state index in [9.17, 15) is 24.0 Å². The summed E-state index contributed by atoms with van der Waals surface area (Å²) in [7, 11) is 2.17. The smallest absolute Gasteiger partial charge is 0.318 e. The number of esters is 2. The van der Waals surface area contributed by atoms with Crippen molar-refractivity contribution in [3.63, 3.8) is 0 Å². The molecular weight excluding hydrogens is 969 g/mol. The van der Waals surface area contributed by atoms with E-state index >= 15 is 0 Å². The second-order valence-corrected chi connectivity index (χ2v) is 22.4. The Kier molecular flexibility index (Phi) is 16.6. The summed E-state index contributed by atoms with van der Waals surface area (Å²) < 4.78 is 13.5. The topological polar surface area (TPSA) is 172 Å². The normalized spacial score (nSPS) is 19.9. The molecule has 0 spiro atoms. The van der Waals surface area contributed by atoms with Crippen LogP contribution in [-0.2, 0) is 47.8 Å². The molecule has 3 amide bonds. The van der Waals surface area contributed by atoms with Crippen LogP contribution in [0.2, 0.25) is 0 Å². The number of nitrogens with zero attached hydrogens (tertiary/aromatic N) is 6. The highest BCUT2D eigenvalue weighted by atomic mass is 16.5. The van der Waals surface area contributed by atoms with E-state index in [4.69, 9.17) is 15.2 Å². The second-order valence-electron chi connectivity index (χ2n) is 22.4. The van der Waals surface area contributed by atoms with Crippen LogP contribution in [0.4, 0.5) is 10.5 Å². The first-order valence-corrected chi connectivity index (χ1v) is 28.2. The van der Waals surface area contributed by atoms with Crippen LogP contribution >= 0.6 is 0 Å². The minimum atomic E-state index is -0.870. The maximum atomic E-state index is 14.8.